The largest absolute Gasteiger partial charge is 0.340 e. The molecule has 1 N–H and O–H groups in total. The third kappa shape index (κ3) is 2.39. The van der Waals surface area contributed by atoms with E-state index in [4.69, 9.17) is 0 Å². The summed E-state index contributed by atoms with van der Waals surface area (Å²) in [6, 6.07) is 10.7. The van der Waals surface area contributed by atoms with Gasteiger partial charge in [-0.1, -0.05) is 37.3 Å². The van der Waals surface area contributed by atoms with Gasteiger partial charge >= 0.3 is 0 Å². The van der Waals surface area contributed by atoms with Crippen LogP contribution in [-0.2, 0) is 10.2 Å². The van der Waals surface area contributed by atoms with E-state index in [0.29, 0.717) is 5.91 Å². The van der Waals surface area contributed by atoms with Gasteiger partial charge in [-0.15, -0.1) is 0 Å². The van der Waals surface area contributed by atoms with Crippen LogP contribution in [0.25, 0.3) is 0 Å². The Morgan fingerprint density at radius 1 is 1.37 bits per heavy atom. The van der Waals surface area contributed by atoms with E-state index in [0.717, 1.165) is 38.9 Å². The number of carbonyl (C=O) groups excluding carboxylic acids is 1. The summed E-state index contributed by atoms with van der Waals surface area (Å²) >= 11 is 0. The lowest BCUT2D eigenvalue weighted by atomic mass is 9.82. The first-order chi connectivity index (χ1) is 9.19. The quantitative estimate of drug-likeness (QED) is 0.879. The number of rotatable bonds is 2. The Labute approximate surface area is 115 Å². The molecule has 3 nitrogen and oxygen atoms in total. The topological polar surface area (TPSA) is 32.3 Å². The van der Waals surface area contributed by atoms with Gasteiger partial charge in [0.25, 0.3) is 0 Å². The van der Waals surface area contributed by atoms with Crippen molar-refractivity contribution in [2.24, 2.45) is 0 Å². The summed E-state index contributed by atoms with van der Waals surface area (Å²) in [6.07, 6.45) is 3.19. The molecule has 1 amide bonds. The van der Waals surface area contributed by atoms with Crippen molar-refractivity contribution in [3.8, 4) is 0 Å². The lowest BCUT2D eigenvalue weighted by Gasteiger charge is -2.26. The van der Waals surface area contributed by atoms with Gasteiger partial charge in [-0.2, -0.15) is 0 Å². The number of carbonyl (C=O) groups is 1. The number of nitrogens with zero attached hydrogens (tertiary/aromatic N) is 1. The Bertz CT molecular complexity index is 453. The smallest absolute Gasteiger partial charge is 0.239 e. The van der Waals surface area contributed by atoms with Gasteiger partial charge in [0.05, 0.1) is 6.04 Å². The number of likely N-dealkylation sites (tertiary alicyclic amines) is 1. The number of benzene rings is 1. The Balaban J connectivity index is 1.71. The van der Waals surface area contributed by atoms with Crippen LogP contribution in [0, 0.1) is 0 Å². The molecule has 0 saturated carbocycles. The van der Waals surface area contributed by atoms with Crippen LogP contribution in [0.5, 0.6) is 0 Å². The average molecular weight is 258 g/mol. The van der Waals surface area contributed by atoms with Gasteiger partial charge in [0.1, 0.15) is 0 Å². The molecule has 3 heteroatoms. The zero-order valence-corrected chi connectivity index (χ0v) is 11.6. The van der Waals surface area contributed by atoms with Crippen molar-refractivity contribution in [1.29, 1.82) is 0 Å². The van der Waals surface area contributed by atoms with Crippen LogP contribution in [0.1, 0.15) is 31.7 Å². The predicted octanol–water partition coefficient (Wildman–Crippen LogP) is 1.93. The molecule has 3 rings (SSSR count). The van der Waals surface area contributed by atoms with Crippen molar-refractivity contribution in [2.75, 3.05) is 19.6 Å². The molecule has 102 valence electrons. The first-order valence-electron chi connectivity index (χ1n) is 7.27. The van der Waals surface area contributed by atoms with E-state index in [1.165, 1.54) is 5.56 Å². The van der Waals surface area contributed by atoms with Gasteiger partial charge < -0.3 is 10.2 Å². The molecule has 0 bridgehead atoms. The van der Waals surface area contributed by atoms with E-state index in [1.54, 1.807) is 0 Å². The van der Waals surface area contributed by atoms with Crippen molar-refractivity contribution >= 4 is 5.91 Å². The predicted molar refractivity (Wildman–Crippen MR) is 76.0 cm³/mol. The molecule has 2 unspecified atom stereocenters. The fourth-order valence-electron chi connectivity index (χ4n) is 3.34. The minimum atomic E-state index is 0.0677. The fraction of sp³-hybridized carbons (Fsp3) is 0.562. The number of hydrogen-bond donors (Lipinski definition) is 1. The fourth-order valence-corrected chi connectivity index (χ4v) is 3.34. The molecule has 2 atom stereocenters. The first kappa shape index (κ1) is 12.7. The van der Waals surface area contributed by atoms with Crippen molar-refractivity contribution in [3.05, 3.63) is 35.9 Å². The van der Waals surface area contributed by atoms with E-state index in [-0.39, 0.29) is 11.5 Å². The van der Waals surface area contributed by atoms with E-state index >= 15 is 0 Å². The van der Waals surface area contributed by atoms with Crippen LogP contribution < -0.4 is 5.32 Å². The van der Waals surface area contributed by atoms with Crippen LogP contribution in [0.15, 0.2) is 30.3 Å². The molecular formula is C16H22N2O. The van der Waals surface area contributed by atoms with E-state index in [2.05, 4.69) is 41.4 Å². The summed E-state index contributed by atoms with van der Waals surface area (Å²) in [5.74, 6) is 0.303. The second-order valence-electron chi connectivity index (χ2n) is 6.09. The Morgan fingerprint density at radius 3 is 2.84 bits per heavy atom. The van der Waals surface area contributed by atoms with E-state index in [9.17, 15) is 4.79 Å². The van der Waals surface area contributed by atoms with Gasteiger partial charge in [0.2, 0.25) is 5.91 Å². The van der Waals surface area contributed by atoms with Crippen molar-refractivity contribution in [1.82, 2.24) is 10.2 Å². The number of nitrogens with one attached hydrogen (secondary N) is 1. The zero-order chi connectivity index (χ0) is 13.3. The molecule has 1 aromatic rings. The van der Waals surface area contributed by atoms with Crippen LogP contribution >= 0.6 is 0 Å². The molecule has 19 heavy (non-hydrogen) atoms. The summed E-state index contributed by atoms with van der Waals surface area (Å²) in [5, 5.41) is 3.31. The average Bonchev–Trinajstić information content (AvgIpc) is 3.09. The molecule has 0 aromatic heterocycles. The highest BCUT2D eigenvalue weighted by molar-refractivity contribution is 5.82. The SMILES string of the molecule is CC1(c2ccccc2)CCN(C(=O)C2CCCN2)C1. The van der Waals surface area contributed by atoms with E-state index in [1.807, 2.05) is 6.07 Å². The molecule has 2 aliphatic rings. The zero-order valence-electron chi connectivity index (χ0n) is 11.6. The van der Waals surface area contributed by atoms with Gasteiger partial charge in [-0.25, -0.2) is 0 Å². The van der Waals surface area contributed by atoms with Crippen LogP contribution in [0.2, 0.25) is 0 Å². The van der Waals surface area contributed by atoms with Crippen LogP contribution in [-0.4, -0.2) is 36.5 Å². The summed E-state index contributed by atoms with van der Waals surface area (Å²) in [6.45, 7) is 5.01. The summed E-state index contributed by atoms with van der Waals surface area (Å²) in [5.41, 5.74) is 1.47. The maximum atomic E-state index is 12.4. The highest BCUT2D eigenvalue weighted by atomic mass is 16.2. The molecule has 2 heterocycles. The lowest BCUT2D eigenvalue weighted by Crippen LogP contribution is -2.43. The second kappa shape index (κ2) is 4.97. The summed E-state index contributed by atoms with van der Waals surface area (Å²) in [4.78, 5) is 14.5. The van der Waals surface area contributed by atoms with Crippen molar-refractivity contribution < 1.29 is 4.79 Å². The van der Waals surface area contributed by atoms with E-state index < -0.39 is 0 Å². The highest BCUT2D eigenvalue weighted by Crippen LogP contribution is 2.34. The minimum Gasteiger partial charge on any atom is -0.340 e. The van der Waals surface area contributed by atoms with Gasteiger partial charge in [-0.3, -0.25) is 4.79 Å². The molecule has 2 saturated heterocycles. The van der Waals surface area contributed by atoms with Gasteiger partial charge in [0.15, 0.2) is 0 Å². The molecule has 0 spiro atoms. The third-order valence-corrected chi connectivity index (χ3v) is 4.61. The molecule has 0 aliphatic carbocycles. The molecule has 2 aliphatic heterocycles. The Hall–Kier alpha value is -1.35. The molecule has 0 radical (unpaired) electrons. The van der Waals surface area contributed by atoms with Gasteiger partial charge in [-0.05, 0) is 31.4 Å². The number of amides is 1. The third-order valence-electron chi connectivity index (χ3n) is 4.61. The van der Waals surface area contributed by atoms with Gasteiger partial charge in [0, 0.05) is 18.5 Å². The maximum Gasteiger partial charge on any atom is 0.239 e. The monoisotopic (exact) mass is 258 g/mol. The highest BCUT2D eigenvalue weighted by Gasteiger charge is 2.39. The van der Waals surface area contributed by atoms with Crippen LogP contribution in [0.3, 0.4) is 0 Å². The molecular weight excluding hydrogens is 236 g/mol. The van der Waals surface area contributed by atoms with Crippen LogP contribution in [0.4, 0.5) is 0 Å². The lowest BCUT2D eigenvalue weighted by molar-refractivity contribution is -0.132. The van der Waals surface area contributed by atoms with Crippen molar-refractivity contribution in [2.45, 2.75) is 37.6 Å². The molecule has 2 fully saturated rings. The normalized spacial score (nSPS) is 30.8. The molecule has 1 aromatic carbocycles. The van der Waals surface area contributed by atoms with Crippen molar-refractivity contribution in [3.63, 3.8) is 0 Å². The summed E-state index contributed by atoms with van der Waals surface area (Å²) in [7, 11) is 0. The second-order valence-corrected chi connectivity index (χ2v) is 6.09. The number of hydrogen-bond acceptors (Lipinski definition) is 2. The minimum absolute atomic E-state index is 0.0677. The first-order valence-corrected chi connectivity index (χ1v) is 7.27. The maximum absolute atomic E-state index is 12.4. The summed E-state index contributed by atoms with van der Waals surface area (Å²) < 4.78 is 0. The Kier molecular flexibility index (Phi) is 3.31. The standard InChI is InChI=1S/C16H22N2O/c1-16(13-6-3-2-4-7-13)9-11-18(12-16)15(19)14-8-5-10-17-14/h2-4,6-7,14,17H,5,8-12H2,1H3. The Morgan fingerprint density at radius 2 is 2.16 bits per heavy atom.